The van der Waals surface area contributed by atoms with E-state index in [4.69, 9.17) is 9.47 Å². The lowest BCUT2D eigenvalue weighted by Crippen LogP contribution is -2.39. The maximum atomic E-state index is 13.0. The monoisotopic (exact) mass is 536 g/mol. The molecule has 1 aliphatic rings. The van der Waals surface area contributed by atoms with Gasteiger partial charge in [-0.05, 0) is 79.2 Å². The third-order valence-corrected chi connectivity index (χ3v) is 7.54. The average molecular weight is 537 g/mol. The van der Waals surface area contributed by atoms with Gasteiger partial charge < -0.3 is 19.3 Å². The fraction of sp³-hybridized carbons (Fsp3) is 0.576. The van der Waals surface area contributed by atoms with Crippen LogP contribution in [0.5, 0.6) is 5.75 Å². The minimum absolute atomic E-state index is 0.105. The van der Waals surface area contributed by atoms with Gasteiger partial charge in [0, 0.05) is 20.1 Å². The molecule has 2 aromatic rings. The summed E-state index contributed by atoms with van der Waals surface area (Å²) in [7, 11) is 3.30. The summed E-state index contributed by atoms with van der Waals surface area (Å²) in [5, 5.41) is 0. The lowest BCUT2D eigenvalue weighted by molar-refractivity contribution is -0.156. The van der Waals surface area contributed by atoms with Gasteiger partial charge in [0.2, 0.25) is 0 Å². The molecule has 0 radical (unpaired) electrons. The Hall–Kier alpha value is -3.02. The fourth-order valence-corrected chi connectivity index (χ4v) is 5.17. The molecule has 0 bridgehead atoms. The number of ether oxygens (including phenoxy) is 2. The van der Waals surface area contributed by atoms with Crippen LogP contribution in [0.1, 0.15) is 83.6 Å². The van der Waals surface area contributed by atoms with Gasteiger partial charge in [-0.1, -0.05) is 71.0 Å². The van der Waals surface area contributed by atoms with Crippen LogP contribution in [0.4, 0.5) is 4.79 Å². The number of methoxy groups -OCH3 is 1. The Labute approximate surface area is 235 Å². The van der Waals surface area contributed by atoms with Gasteiger partial charge in [-0.2, -0.15) is 0 Å². The number of carbonyl (C=O) groups excluding carboxylic acids is 2. The van der Waals surface area contributed by atoms with Crippen molar-refractivity contribution >= 4 is 12.0 Å². The van der Waals surface area contributed by atoms with Crippen LogP contribution in [0.2, 0.25) is 0 Å². The van der Waals surface area contributed by atoms with Crippen LogP contribution in [0, 0.1) is 5.92 Å². The molecule has 1 heterocycles. The van der Waals surface area contributed by atoms with Gasteiger partial charge in [0.05, 0.1) is 13.2 Å². The molecule has 6 heteroatoms. The van der Waals surface area contributed by atoms with Gasteiger partial charge in [0.1, 0.15) is 5.75 Å². The molecule has 1 fully saturated rings. The molecular formula is C33H48N2O4. The third-order valence-electron chi connectivity index (χ3n) is 7.54. The summed E-state index contributed by atoms with van der Waals surface area (Å²) in [6, 6.07) is 15.2. The highest BCUT2D eigenvalue weighted by atomic mass is 16.6. The number of esters is 1. The Morgan fingerprint density at radius 2 is 1.67 bits per heavy atom. The van der Waals surface area contributed by atoms with E-state index in [0.717, 1.165) is 43.5 Å². The number of aryl methyl sites for hydroxylation is 1. The molecule has 214 valence electrons. The van der Waals surface area contributed by atoms with Crippen molar-refractivity contribution in [1.29, 1.82) is 0 Å². The number of nitrogens with zero attached hydrogens (tertiary/aromatic N) is 2. The second-order valence-electron chi connectivity index (χ2n) is 12.9. The first-order valence-corrected chi connectivity index (χ1v) is 14.2. The largest absolute Gasteiger partial charge is 0.476 e. The van der Waals surface area contributed by atoms with E-state index in [1.807, 2.05) is 22.9 Å². The molecule has 2 aromatic carbocycles. The van der Waals surface area contributed by atoms with Gasteiger partial charge in [-0.15, -0.1) is 0 Å². The van der Waals surface area contributed by atoms with Gasteiger partial charge >= 0.3 is 12.0 Å². The molecule has 39 heavy (non-hydrogen) atoms. The second kappa shape index (κ2) is 12.4. The minimum atomic E-state index is -1.05. The zero-order chi connectivity index (χ0) is 29.0. The lowest BCUT2D eigenvalue weighted by Gasteiger charge is -2.25. The molecule has 2 amide bonds. The summed E-state index contributed by atoms with van der Waals surface area (Å²) < 4.78 is 11.0. The molecular weight excluding hydrogens is 488 g/mol. The van der Waals surface area contributed by atoms with Crippen molar-refractivity contribution in [3.63, 3.8) is 0 Å². The van der Waals surface area contributed by atoms with E-state index < -0.39 is 11.6 Å². The van der Waals surface area contributed by atoms with Crippen molar-refractivity contribution in [3.05, 3.63) is 64.7 Å². The van der Waals surface area contributed by atoms with Crippen molar-refractivity contribution in [2.45, 2.75) is 97.8 Å². The molecule has 0 aromatic heterocycles. The van der Waals surface area contributed by atoms with Gasteiger partial charge in [-0.3, -0.25) is 0 Å². The van der Waals surface area contributed by atoms with Crippen LogP contribution in [0.25, 0.3) is 0 Å². The summed E-state index contributed by atoms with van der Waals surface area (Å²) in [6.07, 6.45) is 3.74. The highest BCUT2D eigenvalue weighted by Crippen LogP contribution is 2.29. The number of hydrogen-bond donors (Lipinski definition) is 0. The van der Waals surface area contributed by atoms with E-state index in [2.05, 4.69) is 71.0 Å². The Balaban J connectivity index is 1.60. The lowest BCUT2D eigenvalue weighted by atomic mass is 9.87. The maximum absolute atomic E-state index is 13.0. The molecule has 1 aliphatic heterocycles. The number of carbonyl (C=O) groups is 2. The van der Waals surface area contributed by atoms with E-state index in [-0.39, 0.29) is 17.5 Å². The zero-order valence-electron chi connectivity index (χ0n) is 25.5. The molecule has 0 spiro atoms. The molecule has 3 rings (SSSR count). The number of benzene rings is 2. The maximum Gasteiger partial charge on any atom is 0.349 e. The van der Waals surface area contributed by atoms with E-state index in [0.29, 0.717) is 12.5 Å². The highest BCUT2D eigenvalue weighted by Gasteiger charge is 2.34. The van der Waals surface area contributed by atoms with Crippen molar-refractivity contribution < 1.29 is 19.1 Å². The zero-order valence-corrected chi connectivity index (χ0v) is 25.5. The normalized spacial score (nSPS) is 16.3. The Bertz CT molecular complexity index is 1130. The Morgan fingerprint density at radius 1 is 1.03 bits per heavy atom. The number of amides is 2. The van der Waals surface area contributed by atoms with Crippen LogP contribution in [-0.4, -0.2) is 54.1 Å². The van der Waals surface area contributed by atoms with E-state index in [9.17, 15) is 9.59 Å². The quantitative estimate of drug-likeness (QED) is 0.297. The van der Waals surface area contributed by atoms with E-state index >= 15 is 0 Å². The van der Waals surface area contributed by atoms with Crippen LogP contribution >= 0.6 is 0 Å². The Kier molecular flexibility index (Phi) is 9.74. The first kappa shape index (κ1) is 30.5. The summed E-state index contributed by atoms with van der Waals surface area (Å²) in [4.78, 5) is 29.0. The van der Waals surface area contributed by atoms with Gasteiger partial charge in [0.25, 0.3) is 0 Å². The molecule has 0 aliphatic carbocycles. The molecule has 6 nitrogen and oxygen atoms in total. The summed E-state index contributed by atoms with van der Waals surface area (Å²) in [5.74, 6) is 0.793. The molecule has 0 saturated carbocycles. The molecule has 1 atom stereocenters. The first-order chi connectivity index (χ1) is 18.2. The number of likely N-dealkylation sites (N-methyl/N-ethyl adjacent to an activating group) is 1. The van der Waals surface area contributed by atoms with E-state index in [1.54, 1.807) is 13.8 Å². The smallest absolute Gasteiger partial charge is 0.349 e. The van der Waals surface area contributed by atoms with Crippen molar-refractivity contribution in [1.82, 2.24) is 9.80 Å². The predicted octanol–water partition coefficient (Wildman–Crippen LogP) is 6.77. The summed E-state index contributed by atoms with van der Waals surface area (Å²) >= 11 is 0. The molecule has 1 saturated heterocycles. The predicted molar refractivity (Wildman–Crippen MR) is 157 cm³/mol. The fourth-order valence-electron chi connectivity index (χ4n) is 5.17. The number of rotatable bonds is 11. The standard InChI is InChI=1S/C33H48N2O4/c1-23(2)19-26-20-24(15-18-29(26)39-33(6,7)30(36)38-9)11-10-12-28-22-35(31(37)34(28)8)21-25-13-16-27(17-14-25)32(3,4)5/h13-18,20,23,28H,10-12,19,21-22H2,1-9H3. The van der Waals surface area contributed by atoms with Crippen LogP contribution in [-0.2, 0) is 34.3 Å². The average Bonchev–Trinajstić information content (AvgIpc) is 3.12. The second-order valence-corrected chi connectivity index (χ2v) is 12.9. The summed E-state index contributed by atoms with van der Waals surface area (Å²) in [6.45, 7) is 15.9. The minimum Gasteiger partial charge on any atom is -0.476 e. The van der Waals surface area contributed by atoms with Crippen LogP contribution in [0.15, 0.2) is 42.5 Å². The summed E-state index contributed by atoms with van der Waals surface area (Å²) in [5.41, 5.74) is 3.89. The third kappa shape index (κ3) is 8.00. The topological polar surface area (TPSA) is 59.1 Å². The molecule has 1 unspecified atom stereocenters. The van der Waals surface area contributed by atoms with Crippen molar-refractivity contribution in [3.8, 4) is 5.75 Å². The van der Waals surface area contributed by atoms with Gasteiger partial charge in [0.15, 0.2) is 5.60 Å². The van der Waals surface area contributed by atoms with Gasteiger partial charge in [-0.25, -0.2) is 9.59 Å². The van der Waals surface area contributed by atoms with Crippen LogP contribution in [0.3, 0.4) is 0 Å². The molecule has 0 N–H and O–H groups in total. The number of urea groups is 1. The van der Waals surface area contributed by atoms with Crippen molar-refractivity contribution in [2.75, 3.05) is 20.7 Å². The van der Waals surface area contributed by atoms with Crippen molar-refractivity contribution in [2.24, 2.45) is 5.92 Å². The SMILES string of the molecule is COC(=O)C(C)(C)Oc1ccc(CCCC2CN(Cc3ccc(C(C)(C)C)cc3)C(=O)N2C)cc1CC(C)C. The first-order valence-electron chi connectivity index (χ1n) is 14.2. The Morgan fingerprint density at radius 3 is 2.26 bits per heavy atom. The number of hydrogen-bond acceptors (Lipinski definition) is 4. The highest BCUT2D eigenvalue weighted by molar-refractivity contribution is 5.79. The van der Waals surface area contributed by atoms with E-state index in [1.165, 1.54) is 23.8 Å². The van der Waals surface area contributed by atoms with Crippen LogP contribution < -0.4 is 4.74 Å².